The van der Waals surface area contributed by atoms with Crippen molar-refractivity contribution in [3.63, 3.8) is 0 Å². The van der Waals surface area contributed by atoms with Crippen LogP contribution in [0.15, 0.2) is 0 Å². The van der Waals surface area contributed by atoms with E-state index in [0.717, 1.165) is 23.9 Å². The molecule has 15 heavy (non-hydrogen) atoms. The van der Waals surface area contributed by atoms with Gasteiger partial charge in [0.2, 0.25) is 0 Å². The first-order valence-corrected chi connectivity index (χ1v) is 6.74. The van der Waals surface area contributed by atoms with E-state index in [2.05, 4.69) is 33.0 Å². The first-order chi connectivity index (χ1) is 6.98. The van der Waals surface area contributed by atoms with Gasteiger partial charge in [-0.2, -0.15) is 0 Å². The summed E-state index contributed by atoms with van der Waals surface area (Å²) in [5, 5.41) is 3.91. The Hall–Kier alpha value is -0.0400. The second kappa shape index (κ2) is 4.08. The van der Waals surface area contributed by atoms with Gasteiger partial charge in [-0.15, -0.1) is 0 Å². The van der Waals surface area contributed by atoms with Crippen molar-refractivity contribution in [1.29, 1.82) is 0 Å². The van der Waals surface area contributed by atoms with Gasteiger partial charge in [0.25, 0.3) is 0 Å². The summed E-state index contributed by atoms with van der Waals surface area (Å²) in [6.07, 6.45) is 7.00. The van der Waals surface area contributed by atoms with Crippen LogP contribution in [0.4, 0.5) is 0 Å². The van der Waals surface area contributed by atoms with Crippen molar-refractivity contribution in [3.8, 4) is 0 Å². The molecule has 4 unspecified atom stereocenters. The largest absolute Gasteiger partial charge is 0.311 e. The fraction of sp³-hybridized carbons (Fsp3) is 1.00. The molecule has 2 fully saturated rings. The number of hydrogen-bond acceptors (Lipinski definition) is 1. The minimum absolute atomic E-state index is 0.588. The summed E-state index contributed by atoms with van der Waals surface area (Å²) in [4.78, 5) is 0. The SMILES string of the molecule is CC1CCC(NC2CCC(C)(C)C2)C1C. The molecule has 0 aromatic heterocycles. The van der Waals surface area contributed by atoms with E-state index in [1.54, 1.807) is 0 Å². The van der Waals surface area contributed by atoms with Crippen LogP contribution in [0.1, 0.15) is 59.8 Å². The maximum Gasteiger partial charge on any atom is 0.00979 e. The van der Waals surface area contributed by atoms with Crippen LogP contribution in [0.2, 0.25) is 0 Å². The van der Waals surface area contributed by atoms with Crippen molar-refractivity contribution in [1.82, 2.24) is 5.32 Å². The third kappa shape index (κ3) is 2.55. The number of hydrogen-bond donors (Lipinski definition) is 1. The molecule has 0 heterocycles. The highest BCUT2D eigenvalue weighted by Crippen LogP contribution is 2.39. The predicted molar refractivity (Wildman–Crippen MR) is 65.9 cm³/mol. The molecule has 2 aliphatic rings. The van der Waals surface area contributed by atoms with Crippen molar-refractivity contribution >= 4 is 0 Å². The fourth-order valence-electron chi connectivity index (χ4n) is 3.48. The van der Waals surface area contributed by atoms with E-state index in [1.165, 1.54) is 32.1 Å². The molecule has 0 amide bonds. The average Bonchev–Trinajstić information content (AvgIpc) is 2.63. The zero-order valence-corrected chi connectivity index (χ0v) is 10.8. The van der Waals surface area contributed by atoms with Gasteiger partial charge in [-0.25, -0.2) is 0 Å². The normalized spacial score (nSPS) is 44.8. The van der Waals surface area contributed by atoms with Gasteiger partial charge in [0.1, 0.15) is 0 Å². The summed E-state index contributed by atoms with van der Waals surface area (Å²) in [5.41, 5.74) is 0.588. The topological polar surface area (TPSA) is 12.0 Å². The molecule has 0 spiro atoms. The monoisotopic (exact) mass is 209 g/mol. The smallest absolute Gasteiger partial charge is 0.00979 e. The highest BCUT2D eigenvalue weighted by Gasteiger charge is 2.35. The molecule has 0 aromatic carbocycles. The van der Waals surface area contributed by atoms with Crippen LogP contribution in [-0.2, 0) is 0 Å². The summed E-state index contributed by atoms with van der Waals surface area (Å²) in [7, 11) is 0. The lowest BCUT2D eigenvalue weighted by Gasteiger charge is -2.25. The zero-order chi connectivity index (χ0) is 11.1. The van der Waals surface area contributed by atoms with Crippen molar-refractivity contribution < 1.29 is 0 Å². The van der Waals surface area contributed by atoms with Gasteiger partial charge in [-0.05, 0) is 49.4 Å². The Morgan fingerprint density at radius 1 is 1.07 bits per heavy atom. The Labute approximate surface area is 95.0 Å². The number of rotatable bonds is 2. The Morgan fingerprint density at radius 2 is 1.80 bits per heavy atom. The van der Waals surface area contributed by atoms with Crippen LogP contribution >= 0.6 is 0 Å². The lowest BCUT2D eigenvalue weighted by atomic mass is 9.91. The van der Waals surface area contributed by atoms with Crippen molar-refractivity contribution in [2.75, 3.05) is 0 Å². The molecule has 0 aliphatic heterocycles. The summed E-state index contributed by atoms with van der Waals surface area (Å²) in [5.74, 6) is 1.81. The van der Waals surface area contributed by atoms with Gasteiger partial charge < -0.3 is 5.32 Å². The quantitative estimate of drug-likeness (QED) is 0.733. The van der Waals surface area contributed by atoms with E-state index < -0.39 is 0 Å². The third-order valence-corrected chi connectivity index (χ3v) is 4.88. The molecule has 1 heteroatoms. The average molecular weight is 209 g/mol. The highest BCUT2D eigenvalue weighted by atomic mass is 15.0. The molecule has 1 nitrogen and oxygen atoms in total. The molecule has 0 bridgehead atoms. The Bertz CT molecular complexity index is 221. The maximum absolute atomic E-state index is 3.91. The fourth-order valence-corrected chi connectivity index (χ4v) is 3.48. The van der Waals surface area contributed by atoms with E-state index in [1.807, 2.05) is 0 Å². The molecule has 88 valence electrons. The third-order valence-electron chi connectivity index (χ3n) is 4.88. The first-order valence-electron chi connectivity index (χ1n) is 6.74. The second-order valence-electron chi connectivity index (χ2n) is 6.79. The summed E-state index contributed by atoms with van der Waals surface area (Å²) in [6, 6.07) is 1.61. The standard InChI is InChI=1S/C14H27N/c1-10-5-6-13(11(10)2)15-12-7-8-14(3,4)9-12/h10-13,15H,5-9H2,1-4H3. The van der Waals surface area contributed by atoms with Gasteiger partial charge in [0, 0.05) is 12.1 Å². The van der Waals surface area contributed by atoms with E-state index >= 15 is 0 Å². The van der Waals surface area contributed by atoms with Gasteiger partial charge >= 0.3 is 0 Å². The van der Waals surface area contributed by atoms with E-state index in [4.69, 9.17) is 0 Å². The van der Waals surface area contributed by atoms with Crippen LogP contribution < -0.4 is 5.32 Å². The van der Waals surface area contributed by atoms with Gasteiger partial charge in [0.15, 0.2) is 0 Å². The lowest BCUT2D eigenvalue weighted by Crippen LogP contribution is -2.39. The predicted octanol–water partition coefficient (Wildman–Crippen LogP) is 3.59. The molecule has 0 saturated heterocycles. The molecule has 2 aliphatic carbocycles. The molecule has 2 saturated carbocycles. The van der Waals surface area contributed by atoms with Crippen LogP contribution in [0.5, 0.6) is 0 Å². The Kier molecular flexibility index (Phi) is 3.12. The minimum atomic E-state index is 0.588. The second-order valence-corrected chi connectivity index (χ2v) is 6.79. The van der Waals surface area contributed by atoms with Gasteiger partial charge in [0.05, 0.1) is 0 Å². The van der Waals surface area contributed by atoms with Crippen LogP contribution in [-0.4, -0.2) is 12.1 Å². The van der Waals surface area contributed by atoms with Gasteiger partial charge in [-0.1, -0.05) is 27.7 Å². The van der Waals surface area contributed by atoms with E-state index in [-0.39, 0.29) is 0 Å². The summed E-state index contributed by atoms with van der Waals surface area (Å²) < 4.78 is 0. The molecular formula is C14H27N. The Balaban J connectivity index is 1.83. The van der Waals surface area contributed by atoms with E-state index in [9.17, 15) is 0 Å². The van der Waals surface area contributed by atoms with Crippen LogP contribution in [0, 0.1) is 17.3 Å². The molecule has 0 aromatic rings. The summed E-state index contributed by atoms with van der Waals surface area (Å²) in [6.45, 7) is 9.66. The van der Waals surface area contributed by atoms with Crippen molar-refractivity contribution in [2.24, 2.45) is 17.3 Å². The summed E-state index contributed by atoms with van der Waals surface area (Å²) >= 11 is 0. The van der Waals surface area contributed by atoms with Crippen LogP contribution in [0.3, 0.4) is 0 Å². The number of nitrogens with one attached hydrogen (secondary N) is 1. The van der Waals surface area contributed by atoms with Gasteiger partial charge in [-0.3, -0.25) is 0 Å². The van der Waals surface area contributed by atoms with E-state index in [0.29, 0.717) is 5.41 Å². The Morgan fingerprint density at radius 3 is 2.27 bits per heavy atom. The van der Waals surface area contributed by atoms with Crippen molar-refractivity contribution in [3.05, 3.63) is 0 Å². The lowest BCUT2D eigenvalue weighted by molar-refractivity contribution is 0.316. The maximum atomic E-state index is 3.91. The molecule has 1 N–H and O–H groups in total. The molecule has 4 atom stereocenters. The zero-order valence-electron chi connectivity index (χ0n) is 10.8. The highest BCUT2D eigenvalue weighted by molar-refractivity contribution is 4.92. The first kappa shape index (κ1) is 11.4. The molecule has 2 rings (SSSR count). The van der Waals surface area contributed by atoms with Crippen molar-refractivity contribution in [2.45, 2.75) is 71.9 Å². The molecular weight excluding hydrogens is 182 g/mol. The van der Waals surface area contributed by atoms with Crippen LogP contribution in [0.25, 0.3) is 0 Å². The minimum Gasteiger partial charge on any atom is -0.311 e. The molecule has 0 radical (unpaired) electrons.